The minimum atomic E-state index is -0.946. The first kappa shape index (κ1) is 117. The Bertz CT molecular complexity index is 4410. The third kappa shape index (κ3) is 43.9. The van der Waals surface area contributed by atoms with Crippen molar-refractivity contribution in [1.29, 1.82) is 0 Å². The van der Waals surface area contributed by atoms with E-state index >= 15 is 0 Å². The second-order valence-corrected chi connectivity index (χ2v) is 31.3. The van der Waals surface area contributed by atoms with Crippen molar-refractivity contribution < 1.29 is 129 Å². The van der Waals surface area contributed by atoms with Gasteiger partial charge in [0.1, 0.15) is 6.29 Å². The van der Waals surface area contributed by atoms with E-state index in [1.165, 1.54) is 99.5 Å². The third-order valence-electron chi connectivity index (χ3n) is 20.0. The van der Waals surface area contributed by atoms with E-state index in [0.717, 1.165) is 148 Å². The van der Waals surface area contributed by atoms with Gasteiger partial charge in [-0.3, -0.25) is 89.7 Å². The van der Waals surface area contributed by atoms with Gasteiger partial charge in [-0.15, -0.1) is 12.4 Å². The van der Waals surface area contributed by atoms with E-state index in [9.17, 15) is 79.9 Å². The Kier molecular flexibility index (Phi) is 55.9. The number of morpholine rings is 3. The molecular formula is C88H124ClN10NaO26. The van der Waals surface area contributed by atoms with Crippen LogP contribution in [0, 0.1) is 60.7 Å². The number of carbonyl (C=O) groups is 5. The number of aliphatic hydroxyl groups is 2. The number of halogens is 1. The molecule has 10 rings (SSSR count). The number of aliphatic carboxylic acids is 2. The number of ether oxygens (including phenoxy) is 5. The van der Waals surface area contributed by atoms with Crippen LogP contribution in [-0.4, -0.2) is 210 Å². The number of carbonyl (C=O) groups excluding carboxylic acids is 3. The van der Waals surface area contributed by atoms with Crippen LogP contribution in [0.15, 0.2) is 170 Å². The largest absolute Gasteiger partial charge is 1.00 e. The van der Waals surface area contributed by atoms with Crippen molar-refractivity contribution in [3.8, 4) is 0 Å². The molecule has 3 heterocycles. The van der Waals surface area contributed by atoms with Crippen LogP contribution in [-0.2, 0) is 74.7 Å². The Labute approximate surface area is 765 Å². The average molecular weight is 1800 g/mol. The quantitative estimate of drug-likeness (QED) is 0.00773. The average Bonchev–Trinajstić information content (AvgIpc) is 0.773. The van der Waals surface area contributed by atoms with Gasteiger partial charge in [0.25, 0.3) is 40.1 Å². The summed E-state index contributed by atoms with van der Waals surface area (Å²) in [4.78, 5) is 118. The van der Waals surface area contributed by atoms with Gasteiger partial charge in [0, 0.05) is 144 Å². The summed E-state index contributed by atoms with van der Waals surface area (Å²) >= 11 is 0. The van der Waals surface area contributed by atoms with Crippen LogP contribution in [0.3, 0.4) is 0 Å². The summed E-state index contributed by atoms with van der Waals surface area (Å²) in [5.41, 5.74) is 11.9. The number of nitrogens with two attached hydrogens (primary N) is 1. The zero-order valence-corrected chi connectivity index (χ0v) is 77.8. The van der Waals surface area contributed by atoms with Gasteiger partial charge in [-0.2, -0.15) is 0 Å². The number of hydrogen-bond acceptors (Lipinski definition) is 28. The molecule has 0 amide bonds. The van der Waals surface area contributed by atoms with E-state index in [2.05, 4.69) is 64.4 Å². The number of nitrogens with zero attached hydrogens (tertiary/aromatic N) is 8. The van der Waals surface area contributed by atoms with Crippen LogP contribution in [0.1, 0.15) is 161 Å². The molecule has 0 bridgehead atoms. The summed E-state index contributed by atoms with van der Waals surface area (Å²) in [7, 11) is 3.62. The van der Waals surface area contributed by atoms with Gasteiger partial charge in [0.2, 0.25) is 0 Å². The summed E-state index contributed by atoms with van der Waals surface area (Å²) in [5, 5.41) is 98.0. The number of nitrogen functional groups attached to an aromatic ring is 1. The number of nitro benzene ring substituents is 6. The van der Waals surface area contributed by atoms with Crippen molar-refractivity contribution in [2.45, 2.75) is 148 Å². The Balaban J connectivity index is -0.00000138. The smallest absolute Gasteiger partial charge is 1.00 e. The van der Waals surface area contributed by atoms with Gasteiger partial charge in [0.05, 0.1) is 107 Å². The zero-order valence-electron chi connectivity index (χ0n) is 76.0. The van der Waals surface area contributed by atoms with Crippen molar-refractivity contribution in [3.05, 3.63) is 269 Å². The van der Waals surface area contributed by atoms with E-state index in [4.69, 9.17) is 45.2 Å². The standard InChI is InChI=1S/C15H22N2O3.C15H24N2O.C11H13NO4.C11H13NO3.C10H11NO4.C10H13NO3.C9H9NO4.C4H9NO.C2H4O2.CH4O.ClH.Na.H/c1-15(2,7-8-16-9-11-20-12-10-16)13-3-5-14(6-4-13)17(18)19;1-15(2,13-3-5-14(16)6-4-13)7-8-17-9-11-18-12-10-17;1-11(2,10(13)16-3)8-4-6-9(7-5-8)12(14)15;1-11(2,7-8-13)9-3-5-10(6-4-9)12(14)15;1-7(10(12)15-2)8-3-5-9(6-4-8)11(13)14;1-10(2,7-12)8-3-5-9(6-4-8)11(13)14;1-6(9(11)12)7-2-4-8(5-3-7)10(13)14;1-3-6-4-2-5-1;1-2(3)4;1-2;;;/h3-6H,7-12H2,1-2H3;3-6H,7-12,16H2,1-2H3;4-7H,1-3H3;3-6,8H,7H2,1-2H3;3-7H,1-2H3;3-6,12H,7H2,1-2H3;2-6H,1H3,(H,11,12);5H,1-4H2;1H3,(H,3,4);2H,1H3;1H;;/q;;;;;;;;;;;+1;-1. The molecule has 7 aromatic carbocycles. The number of benzene rings is 7. The molecule has 3 aliphatic rings. The van der Waals surface area contributed by atoms with Gasteiger partial charge in [-0.25, -0.2) is 0 Å². The molecule has 126 heavy (non-hydrogen) atoms. The van der Waals surface area contributed by atoms with E-state index in [1.54, 1.807) is 81.4 Å². The van der Waals surface area contributed by atoms with Crippen molar-refractivity contribution in [2.75, 3.05) is 126 Å². The van der Waals surface area contributed by atoms with Crippen molar-refractivity contribution in [2.24, 2.45) is 0 Å². The Morgan fingerprint density at radius 1 is 0.460 bits per heavy atom. The van der Waals surface area contributed by atoms with Gasteiger partial charge >= 0.3 is 47.5 Å². The first-order valence-corrected chi connectivity index (χ1v) is 39.5. The second-order valence-electron chi connectivity index (χ2n) is 31.3. The van der Waals surface area contributed by atoms with Crippen LogP contribution in [0.4, 0.5) is 39.8 Å². The molecule has 3 fully saturated rings. The van der Waals surface area contributed by atoms with Crippen LogP contribution in [0.25, 0.3) is 0 Å². The minimum Gasteiger partial charge on any atom is -1.00 e. The maximum Gasteiger partial charge on any atom is 1.00 e. The second kappa shape index (κ2) is 60.0. The molecule has 36 nitrogen and oxygen atoms in total. The molecule has 3 saturated heterocycles. The number of aldehydes is 1. The maximum atomic E-state index is 11.5. The number of rotatable bonds is 25. The number of nitrogens with one attached hydrogen (secondary N) is 1. The number of carboxylic acid groups (broad SMARTS) is 2. The molecule has 0 aliphatic carbocycles. The number of carboxylic acids is 2. The fourth-order valence-corrected chi connectivity index (χ4v) is 11.4. The van der Waals surface area contributed by atoms with Crippen LogP contribution < -0.4 is 40.6 Å². The Hall–Kier alpha value is -10.7. The zero-order chi connectivity index (χ0) is 94.1. The Morgan fingerprint density at radius 2 is 0.722 bits per heavy atom. The van der Waals surface area contributed by atoms with Gasteiger partial charge < -0.3 is 61.4 Å². The topological polar surface area (TPSA) is 516 Å². The molecule has 3 aliphatic heterocycles. The molecule has 38 heteroatoms. The predicted octanol–water partition coefficient (Wildman–Crippen LogP) is 11.7. The van der Waals surface area contributed by atoms with Gasteiger partial charge in [-0.1, -0.05) is 140 Å². The fraction of sp³-hybridized carbons (Fsp3) is 0.466. The SMILES string of the molecule is C1COCCN1.CC(=O)O.CC(C(=O)O)c1ccc([N+](=O)[O-])cc1.CC(C)(CC=O)c1ccc([N+](=O)[O-])cc1.CC(C)(CCN1CCOCC1)c1ccc(N)cc1.CC(C)(CCN1CCOCC1)c1ccc([N+](=O)[O-])cc1.CC(C)(CO)c1ccc([N+](=O)[O-])cc1.CO.COC(=O)C(C)(C)c1ccc([N+](=O)[O-])cc1.COC(=O)C(C)c1ccc([N+](=O)[O-])cc1.Cl.[H-].[Na+]. The maximum absolute atomic E-state index is 11.5. The number of aliphatic hydroxyl groups excluding tert-OH is 2. The van der Waals surface area contributed by atoms with E-state index in [1.807, 2.05) is 52.0 Å². The number of non-ortho nitro benzene ring substituents is 6. The molecule has 7 N–H and O–H groups in total. The molecular weight excluding hydrogens is 1670 g/mol. The first-order valence-electron chi connectivity index (χ1n) is 39.5. The molecule has 2 unspecified atom stereocenters. The van der Waals surface area contributed by atoms with E-state index in [0.29, 0.717) is 23.1 Å². The molecule has 2 atom stereocenters. The van der Waals surface area contributed by atoms with Crippen LogP contribution >= 0.6 is 12.4 Å². The summed E-state index contributed by atoms with van der Waals surface area (Å²) < 4.78 is 25.0. The number of esters is 2. The minimum absolute atomic E-state index is 0. The van der Waals surface area contributed by atoms with E-state index in [-0.39, 0.29) is 123 Å². The predicted molar refractivity (Wildman–Crippen MR) is 478 cm³/mol. The number of nitro groups is 6. The summed E-state index contributed by atoms with van der Waals surface area (Å²) in [6, 6.07) is 45.0. The summed E-state index contributed by atoms with van der Waals surface area (Å²) in [6.45, 7) is 37.9. The molecule has 7 aromatic rings. The van der Waals surface area contributed by atoms with Crippen molar-refractivity contribution in [1.82, 2.24) is 15.1 Å². The number of anilines is 1. The van der Waals surface area contributed by atoms with Crippen molar-refractivity contribution in [3.63, 3.8) is 0 Å². The molecule has 0 aromatic heterocycles. The molecule has 0 saturated carbocycles. The Morgan fingerprint density at radius 3 is 0.968 bits per heavy atom. The molecule has 0 radical (unpaired) electrons. The first-order chi connectivity index (χ1) is 58.2. The summed E-state index contributed by atoms with van der Waals surface area (Å²) in [5.74, 6) is -3.56. The fourth-order valence-electron chi connectivity index (χ4n) is 11.4. The van der Waals surface area contributed by atoms with Crippen molar-refractivity contribution >= 4 is 82.4 Å². The monoisotopic (exact) mass is 1790 g/mol. The summed E-state index contributed by atoms with van der Waals surface area (Å²) in [6.07, 6.45) is 3.47. The molecule has 690 valence electrons. The number of methoxy groups -OCH3 is 2. The van der Waals surface area contributed by atoms with Crippen LogP contribution in [0.5, 0.6) is 0 Å². The van der Waals surface area contributed by atoms with Gasteiger partial charge in [-0.05, 0) is 121 Å². The number of hydrogen-bond donors (Lipinski definition) is 6. The third-order valence-corrected chi connectivity index (χ3v) is 20.0. The molecule has 0 spiro atoms. The van der Waals surface area contributed by atoms with Crippen LogP contribution in [0.2, 0.25) is 0 Å². The normalized spacial score (nSPS) is 13.4. The van der Waals surface area contributed by atoms with Gasteiger partial charge in [0.15, 0.2) is 0 Å². The van der Waals surface area contributed by atoms with E-state index < -0.39 is 53.8 Å².